The molecule has 120 valence electrons. The van der Waals surface area contributed by atoms with Gasteiger partial charge in [0.25, 0.3) is 0 Å². The Hall–Kier alpha value is -3.51. The van der Waals surface area contributed by atoms with Gasteiger partial charge in [-0.3, -0.25) is 10.9 Å². The molecule has 0 atom stereocenters. The number of nitrogens with one attached hydrogen (secondary N) is 3. The van der Waals surface area contributed by atoms with Crippen LogP contribution < -0.4 is 33.7 Å². The molecule has 0 aliphatic carbocycles. The first-order valence-corrected chi connectivity index (χ1v) is 5.78. The number of nitrogens with two attached hydrogens (primary N) is 3. The summed E-state index contributed by atoms with van der Waals surface area (Å²) in [7, 11) is 0. The summed E-state index contributed by atoms with van der Waals surface area (Å²) in [6.07, 6.45) is 5.21. The van der Waals surface area contributed by atoms with Crippen LogP contribution in [0.2, 0.25) is 0 Å². The molecule has 0 aromatic rings. The van der Waals surface area contributed by atoms with E-state index in [0.29, 0.717) is 11.4 Å². The Morgan fingerprint density at radius 2 is 1.45 bits per heavy atom. The van der Waals surface area contributed by atoms with Gasteiger partial charge in [0.2, 0.25) is 5.96 Å². The van der Waals surface area contributed by atoms with Crippen molar-refractivity contribution >= 4 is 42.5 Å². The fourth-order valence-corrected chi connectivity index (χ4v) is 0.775. The van der Waals surface area contributed by atoms with Crippen molar-refractivity contribution in [2.45, 2.75) is 13.8 Å². The first-order valence-electron chi connectivity index (χ1n) is 5.78. The largest absolute Gasteiger partial charge is 0.367 e. The summed E-state index contributed by atoms with van der Waals surface area (Å²) in [5, 5.41) is 25.2. The fourth-order valence-electron chi connectivity index (χ4n) is 0.775. The molecule has 0 spiro atoms. The highest BCUT2D eigenvalue weighted by atomic mass is 15.4. The minimum Gasteiger partial charge on any atom is -0.367 e. The second-order valence-corrected chi connectivity index (χ2v) is 3.42. The van der Waals surface area contributed by atoms with Crippen LogP contribution in [0.25, 0.3) is 0 Å². The molecule has 0 saturated heterocycles. The van der Waals surface area contributed by atoms with Crippen molar-refractivity contribution in [3.63, 3.8) is 0 Å². The minimum absolute atomic E-state index is 0.0129. The Labute approximate surface area is 126 Å². The summed E-state index contributed by atoms with van der Waals surface area (Å²) >= 11 is 0. The standard InChI is InChI=1S/C9H19N13/c1-7(19-17-5-13-11)3-15-21-9(10)22-16-4-8(2)20-18-6-14-12/h3-6H,11-12H2,1-2H3,(H,13,17)(H,14,18)(H3,10,21,22). The lowest BCUT2D eigenvalue weighted by molar-refractivity contribution is 0.993. The van der Waals surface area contributed by atoms with Crippen LogP contribution in [0.5, 0.6) is 0 Å². The molecule has 0 aromatic heterocycles. The Bertz CT molecular complexity index is 510. The van der Waals surface area contributed by atoms with Crippen LogP contribution in [0.1, 0.15) is 13.8 Å². The first-order chi connectivity index (χ1) is 10.6. The van der Waals surface area contributed by atoms with E-state index in [1.165, 1.54) is 25.1 Å². The van der Waals surface area contributed by atoms with Crippen LogP contribution in [-0.4, -0.2) is 42.5 Å². The summed E-state index contributed by atoms with van der Waals surface area (Å²) in [5.74, 6) is 9.74. The van der Waals surface area contributed by atoms with Gasteiger partial charge in [-0.25, -0.2) is 5.43 Å². The third-order valence-corrected chi connectivity index (χ3v) is 1.59. The second-order valence-electron chi connectivity index (χ2n) is 3.42. The molecule has 0 fully saturated rings. The Kier molecular flexibility index (Phi) is 10.5. The Morgan fingerprint density at radius 1 is 0.909 bits per heavy atom. The molecule has 0 radical (unpaired) electrons. The highest BCUT2D eigenvalue weighted by Crippen LogP contribution is 1.75. The molecule has 0 saturated carbocycles. The summed E-state index contributed by atoms with van der Waals surface area (Å²) in [6.45, 7) is 3.39. The van der Waals surface area contributed by atoms with Crippen LogP contribution >= 0.6 is 0 Å². The number of guanidine groups is 1. The van der Waals surface area contributed by atoms with Gasteiger partial charge in [0, 0.05) is 0 Å². The maximum absolute atomic E-state index is 5.51. The molecule has 0 aliphatic rings. The predicted molar refractivity (Wildman–Crippen MR) is 89.6 cm³/mol. The smallest absolute Gasteiger partial charge is 0.234 e. The van der Waals surface area contributed by atoms with E-state index >= 15 is 0 Å². The number of hydrogen-bond donors (Lipinski definition) is 6. The molecular formula is C9H19N13. The highest BCUT2D eigenvalue weighted by molar-refractivity contribution is 6.30. The molecule has 9 N–H and O–H groups in total. The normalized spacial score (nSPS) is 14.5. The number of nitrogens with zero attached hydrogens (tertiary/aromatic N) is 7. The predicted octanol–water partition coefficient (Wildman–Crippen LogP) is -2.40. The zero-order valence-electron chi connectivity index (χ0n) is 12.2. The highest BCUT2D eigenvalue weighted by Gasteiger charge is 1.88. The molecule has 0 amide bonds. The number of hydrogen-bond acceptors (Lipinski definition) is 9. The van der Waals surface area contributed by atoms with Crippen molar-refractivity contribution < 1.29 is 0 Å². The molecule has 0 rings (SSSR count). The van der Waals surface area contributed by atoms with Crippen LogP contribution in [0.15, 0.2) is 35.7 Å². The van der Waals surface area contributed by atoms with E-state index in [0.717, 1.165) is 0 Å². The average Bonchev–Trinajstić information content (AvgIpc) is 2.48. The van der Waals surface area contributed by atoms with E-state index in [1.807, 2.05) is 0 Å². The summed E-state index contributed by atoms with van der Waals surface area (Å²) in [4.78, 5) is 0. The third-order valence-electron chi connectivity index (χ3n) is 1.59. The SMILES string of the molecule is CC(C=NN=C(N)NN=CC(C)=NNC=NN)=NNC=NN. The topological polar surface area (TPSA) is 201 Å². The van der Waals surface area contributed by atoms with Crippen molar-refractivity contribution in [1.29, 1.82) is 0 Å². The van der Waals surface area contributed by atoms with Crippen molar-refractivity contribution in [2.24, 2.45) is 53.1 Å². The molecule has 22 heavy (non-hydrogen) atoms. The zero-order valence-corrected chi connectivity index (χ0v) is 12.2. The summed E-state index contributed by atoms with van der Waals surface area (Å²) < 4.78 is 0. The summed E-state index contributed by atoms with van der Waals surface area (Å²) in [6, 6.07) is 0. The Balaban J connectivity index is 4.28. The maximum Gasteiger partial charge on any atom is 0.234 e. The number of hydrazone groups is 5. The lowest BCUT2D eigenvalue weighted by Crippen LogP contribution is -2.27. The van der Waals surface area contributed by atoms with Gasteiger partial charge in [-0.05, 0) is 13.8 Å². The first kappa shape index (κ1) is 18.5. The van der Waals surface area contributed by atoms with E-state index < -0.39 is 0 Å². The quantitative estimate of drug-likeness (QED) is 0.125. The number of rotatable bonds is 8. The van der Waals surface area contributed by atoms with Crippen molar-refractivity contribution in [3.05, 3.63) is 0 Å². The maximum atomic E-state index is 5.51. The minimum atomic E-state index is -0.0129. The van der Waals surface area contributed by atoms with Crippen LogP contribution in [-0.2, 0) is 0 Å². The van der Waals surface area contributed by atoms with Gasteiger partial charge in [0.05, 0.1) is 23.9 Å². The van der Waals surface area contributed by atoms with E-state index in [-0.39, 0.29) is 5.96 Å². The van der Waals surface area contributed by atoms with Gasteiger partial charge in [-0.1, -0.05) is 0 Å². The van der Waals surface area contributed by atoms with Crippen molar-refractivity contribution in [1.82, 2.24) is 16.3 Å². The van der Waals surface area contributed by atoms with Gasteiger partial charge in [0.15, 0.2) is 0 Å². The van der Waals surface area contributed by atoms with E-state index in [9.17, 15) is 0 Å². The van der Waals surface area contributed by atoms with Crippen LogP contribution in [0.4, 0.5) is 0 Å². The lowest BCUT2D eigenvalue weighted by atomic mass is 10.5. The van der Waals surface area contributed by atoms with Crippen LogP contribution in [0.3, 0.4) is 0 Å². The zero-order chi connectivity index (χ0) is 16.6. The summed E-state index contributed by atoms with van der Waals surface area (Å²) in [5.41, 5.74) is 14.0. The van der Waals surface area contributed by atoms with Gasteiger partial charge in [-0.15, -0.1) is 5.10 Å². The average molecular weight is 309 g/mol. The molecule has 13 nitrogen and oxygen atoms in total. The fraction of sp³-hybridized carbons (Fsp3) is 0.222. The lowest BCUT2D eigenvalue weighted by Gasteiger charge is -1.96. The molecule has 0 bridgehead atoms. The molecule has 0 aromatic carbocycles. The monoisotopic (exact) mass is 309 g/mol. The van der Waals surface area contributed by atoms with E-state index in [2.05, 4.69) is 52.0 Å². The van der Waals surface area contributed by atoms with E-state index in [1.54, 1.807) is 13.8 Å². The van der Waals surface area contributed by atoms with Gasteiger partial charge >= 0.3 is 0 Å². The molecular weight excluding hydrogens is 290 g/mol. The van der Waals surface area contributed by atoms with Crippen molar-refractivity contribution in [3.8, 4) is 0 Å². The Morgan fingerprint density at radius 3 is 2.00 bits per heavy atom. The van der Waals surface area contributed by atoms with E-state index in [4.69, 9.17) is 17.4 Å². The van der Waals surface area contributed by atoms with Crippen LogP contribution in [0, 0.1) is 0 Å². The molecule has 13 heteroatoms. The molecule has 0 heterocycles. The van der Waals surface area contributed by atoms with Crippen molar-refractivity contribution in [2.75, 3.05) is 0 Å². The molecule has 0 unspecified atom stereocenters. The third kappa shape index (κ3) is 11.6. The molecule has 0 aliphatic heterocycles. The van der Waals surface area contributed by atoms with Gasteiger partial charge < -0.3 is 17.4 Å². The second kappa shape index (κ2) is 12.5. The van der Waals surface area contributed by atoms with Gasteiger partial charge in [0.1, 0.15) is 12.7 Å². The van der Waals surface area contributed by atoms with Gasteiger partial charge in [-0.2, -0.15) is 30.6 Å².